The summed E-state index contributed by atoms with van der Waals surface area (Å²) in [6.45, 7) is 3.02. The fraction of sp³-hybridized carbons (Fsp3) is 0.471. The van der Waals surface area contributed by atoms with Crippen LogP contribution in [0.15, 0.2) is 30.6 Å². The van der Waals surface area contributed by atoms with Crippen LogP contribution in [0.5, 0.6) is 0 Å². The predicted octanol–water partition coefficient (Wildman–Crippen LogP) is 2.11. The molecule has 1 unspecified atom stereocenters. The molecule has 5 heteroatoms. The largest absolute Gasteiger partial charge is 0.370 e. The molecular formula is C17H22N4O. The van der Waals surface area contributed by atoms with Gasteiger partial charge >= 0.3 is 0 Å². The molecule has 0 radical (unpaired) electrons. The molecule has 0 bridgehead atoms. The molecule has 1 aromatic carbocycles. The predicted molar refractivity (Wildman–Crippen MR) is 86.0 cm³/mol. The molecule has 2 aromatic rings. The highest BCUT2D eigenvalue weighted by atomic mass is 16.1. The van der Waals surface area contributed by atoms with Gasteiger partial charge in [0.05, 0.1) is 11.0 Å². The Hall–Kier alpha value is -2.01. The lowest BCUT2D eigenvalue weighted by atomic mass is 9.93. The Balaban J connectivity index is 1.68. The first-order chi connectivity index (χ1) is 10.7. The average molecular weight is 298 g/mol. The normalized spacial score (nSPS) is 19.4. The summed E-state index contributed by atoms with van der Waals surface area (Å²) in [6.07, 6.45) is 7.25. The smallest absolute Gasteiger partial charge is 0.217 e. The first-order valence-corrected chi connectivity index (χ1v) is 7.91. The summed E-state index contributed by atoms with van der Waals surface area (Å²) in [5.41, 5.74) is 8.42. The third-order valence-corrected chi connectivity index (χ3v) is 4.38. The zero-order valence-corrected chi connectivity index (χ0v) is 12.7. The van der Waals surface area contributed by atoms with Crippen LogP contribution in [-0.4, -0.2) is 33.9 Å². The third-order valence-electron chi connectivity index (χ3n) is 4.38. The molecule has 1 saturated heterocycles. The van der Waals surface area contributed by atoms with E-state index in [1.165, 1.54) is 18.4 Å². The van der Waals surface area contributed by atoms with Crippen molar-refractivity contribution in [2.24, 2.45) is 11.7 Å². The van der Waals surface area contributed by atoms with Crippen molar-refractivity contribution in [3.05, 3.63) is 36.2 Å². The van der Waals surface area contributed by atoms with Gasteiger partial charge in [-0.2, -0.15) is 0 Å². The Morgan fingerprint density at radius 3 is 3.05 bits per heavy atom. The molecule has 0 saturated carbocycles. The van der Waals surface area contributed by atoms with E-state index in [-0.39, 0.29) is 5.91 Å². The van der Waals surface area contributed by atoms with Crippen molar-refractivity contribution in [3.8, 4) is 0 Å². The minimum Gasteiger partial charge on any atom is -0.370 e. The summed E-state index contributed by atoms with van der Waals surface area (Å²) < 4.78 is 0. The minimum absolute atomic E-state index is 0.193. The van der Waals surface area contributed by atoms with Gasteiger partial charge in [0, 0.05) is 31.9 Å². The first kappa shape index (κ1) is 14.9. The molecule has 0 aliphatic carbocycles. The molecule has 3 rings (SSSR count). The van der Waals surface area contributed by atoms with E-state index in [2.05, 4.69) is 20.9 Å². The lowest BCUT2D eigenvalue weighted by molar-refractivity contribution is -0.118. The summed E-state index contributed by atoms with van der Waals surface area (Å²) >= 11 is 0. The molecule has 1 aromatic heterocycles. The van der Waals surface area contributed by atoms with Gasteiger partial charge in [-0.3, -0.25) is 19.7 Å². The summed E-state index contributed by atoms with van der Waals surface area (Å²) in [5, 5.41) is 0. The molecule has 1 aliphatic heterocycles. The van der Waals surface area contributed by atoms with Gasteiger partial charge in [0.2, 0.25) is 5.91 Å². The maximum Gasteiger partial charge on any atom is 0.217 e. The van der Waals surface area contributed by atoms with Gasteiger partial charge in [0.15, 0.2) is 0 Å². The second-order valence-corrected chi connectivity index (χ2v) is 6.09. The van der Waals surface area contributed by atoms with E-state index in [1.807, 2.05) is 12.1 Å². The molecule has 1 amide bonds. The zero-order valence-electron chi connectivity index (χ0n) is 12.7. The van der Waals surface area contributed by atoms with Gasteiger partial charge < -0.3 is 5.73 Å². The number of benzene rings is 1. The second kappa shape index (κ2) is 6.83. The Labute approximate surface area is 130 Å². The number of hydrogen-bond donors (Lipinski definition) is 1. The number of hydrogen-bond acceptors (Lipinski definition) is 4. The molecule has 2 heterocycles. The van der Waals surface area contributed by atoms with E-state index >= 15 is 0 Å². The van der Waals surface area contributed by atoms with Gasteiger partial charge in [0.1, 0.15) is 0 Å². The van der Waals surface area contributed by atoms with E-state index in [1.54, 1.807) is 12.4 Å². The van der Waals surface area contributed by atoms with Gasteiger partial charge in [-0.05, 0) is 43.4 Å². The highest BCUT2D eigenvalue weighted by Gasteiger charge is 2.21. The van der Waals surface area contributed by atoms with Crippen molar-refractivity contribution in [2.75, 3.05) is 13.1 Å². The number of carbonyl (C=O) groups excluding carboxylic acids is 1. The van der Waals surface area contributed by atoms with E-state index < -0.39 is 0 Å². The van der Waals surface area contributed by atoms with E-state index in [4.69, 9.17) is 5.73 Å². The average Bonchev–Trinajstić information content (AvgIpc) is 2.54. The van der Waals surface area contributed by atoms with Gasteiger partial charge in [-0.15, -0.1) is 0 Å². The molecule has 1 fully saturated rings. The monoisotopic (exact) mass is 298 g/mol. The van der Waals surface area contributed by atoms with Crippen molar-refractivity contribution in [3.63, 3.8) is 0 Å². The molecule has 22 heavy (non-hydrogen) atoms. The third kappa shape index (κ3) is 3.60. The fourth-order valence-electron chi connectivity index (χ4n) is 3.30. The van der Waals surface area contributed by atoms with Crippen LogP contribution in [0.2, 0.25) is 0 Å². The van der Waals surface area contributed by atoms with Crippen molar-refractivity contribution >= 4 is 16.9 Å². The van der Waals surface area contributed by atoms with Gasteiger partial charge in [-0.25, -0.2) is 0 Å². The molecule has 116 valence electrons. The zero-order chi connectivity index (χ0) is 15.4. The first-order valence-electron chi connectivity index (χ1n) is 7.91. The molecule has 0 spiro atoms. The number of likely N-dealkylation sites (tertiary alicyclic amines) is 1. The van der Waals surface area contributed by atoms with Crippen LogP contribution >= 0.6 is 0 Å². The Kier molecular flexibility index (Phi) is 4.63. The fourth-order valence-corrected chi connectivity index (χ4v) is 3.30. The SMILES string of the molecule is NC(=O)CCC1CCCN(Cc2cccc3nccnc23)C1. The number of aromatic nitrogens is 2. The Morgan fingerprint density at radius 2 is 2.18 bits per heavy atom. The second-order valence-electron chi connectivity index (χ2n) is 6.09. The molecule has 5 nitrogen and oxygen atoms in total. The van der Waals surface area contributed by atoms with Gasteiger partial charge in [-0.1, -0.05) is 12.1 Å². The number of primary amides is 1. The van der Waals surface area contributed by atoms with Crippen LogP contribution in [0.3, 0.4) is 0 Å². The molecular weight excluding hydrogens is 276 g/mol. The summed E-state index contributed by atoms with van der Waals surface area (Å²) in [4.78, 5) is 22.3. The van der Waals surface area contributed by atoms with Crippen LogP contribution < -0.4 is 5.73 Å². The number of nitrogens with two attached hydrogens (primary N) is 1. The molecule has 1 aliphatic rings. The van der Waals surface area contributed by atoms with Crippen LogP contribution in [0, 0.1) is 5.92 Å². The summed E-state index contributed by atoms with van der Waals surface area (Å²) in [7, 11) is 0. The highest BCUT2D eigenvalue weighted by Crippen LogP contribution is 2.24. The van der Waals surface area contributed by atoms with Crippen LogP contribution in [0.1, 0.15) is 31.2 Å². The van der Waals surface area contributed by atoms with Crippen molar-refractivity contribution in [1.82, 2.24) is 14.9 Å². The lowest BCUT2D eigenvalue weighted by Gasteiger charge is -2.32. The van der Waals surface area contributed by atoms with Crippen LogP contribution in [0.25, 0.3) is 11.0 Å². The quantitative estimate of drug-likeness (QED) is 0.917. The van der Waals surface area contributed by atoms with Crippen molar-refractivity contribution in [2.45, 2.75) is 32.2 Å². The summed E-state index contributed by atoms with van der Waals surface area (Å²) in [5.74, 6) is 0.378. The number of fused-ring (bicyclic) bond motifs is 1. The number of amides is 1. The van der Waals surface area contributed by atoms with E-state index in [9.17, 15) is 4.79 Å². The number of para-hydroxylation sites is 1. The van der Waals surface area contributed by atoms with E-state index in [0.29, 0.717) is 12.3 Å². The van der Waals surface area contributed by atoms with Crippen LogP contribution in [-0.2, 0) is 11.3 Å². The number of piperidine rings is 1. The minimum atomic E-state index is -0.193. The maximum absolute atomic E-state index is 11.0. The number of nitrogens with zero attached hydrogens (tertiary/aromatic N) is 3. The van der Waals surface area contributed by atoms with Crippen molar-refractivity contribution in [1.29, 1.82) is 0 Å². The Bertz CT molecular complexity index is 653. The highest BCUT2D eigenvalue weighted by molar-refractivity contribution is 5.77. The lowest BCUT2D eigenvalue weighted by Crippen LogP contribution is -2.35. The topological polar surface area (TPSA) is 72.1 Å². The number of carbonyl (C=O) groups is 1. The standard InChI is InChI=1S/C17H22N4O/c18-16(22)7-6-13-3-2-10-21(11-13)12-14-4-1-5-15-17(14)20-9-8-19-15/h1,4-5,8-9,13H,2-3,6-7,10-12H2,(H2,18,22). The van der Waals surface area contributed by atoms with Gasteiger partial charge in [0.25, 0.3) is 0 Å². The number of rotatable bonds is 5. The van der Waals surface area contributed by atoms with Crippen molar-refractivity contribution < 1.29 is 4.79 Å². The maximum atomic E-state index is 11.0. The summed E-state index contributed by atoms with van der Waals surface area (Å²) in [6, 6.07) is 6.17. The van der Waals surface area contributed by atoms with E-state index in [0.717, 1.165) is 37.1 Å². The molecule has 1 atom stereocenters. The molecule has 2 N–H and O–H groups in total. The van der Waals surface area contributed by atoms with Crippen LogP contribution in [0.4, 0.5) is 0 Å². The Morgan fingerprint density at radius 1 is 1.32 bits per heavy atom.